The Hall–Kier alpha value is -2.67. The summed E-state index contributed by atoms with van der Waals surface area (Å²) < 4.78 is 1.38. The number of amides is 2. The zero-order chi connectivity index (χ0) is 16.7. The van der Waals surface area contributed by atoms with Crippen molar-refractivity contribution >= 4 is 11.8 Å². The number of nitrogens with zero attached hydrogens (tertiary/aromatic N) is 2. The Kier molecular flexibility index (Phi) is 5.87. The third-order valence-electron chi connectivity index (χ3n) is 3.21. The molecule has 0 aliphatic carbocycles. The third kappa shape index (κ3) is 4.40. The summed E-state index contributed by atoms with van der Waals surface area (Å²) in [5.41, 5.74) is 6.39. The van der Waals surface area contributed by atoms with Crippen LogP contribution in [0, 0.1) is 0 Å². The van der Waals surface area contributed by atoms with Gasteiger partial charge in [0.1, 0.15) is 5.69 Å². The van der Waals surface area contributed by atoms with Crippen LogP contribution in [-0.4, -0.2) is 41.2 Å². The number of primary amides is 1. The first-order valence-corrected chi connectivity index (χ1v) is 7.57. The van der Waals surface area contributed by atoms with E-state index in [9.17, 15) is 9.59 Å². The monoisotopic (exact) mass is 315 g/mol. The van der Waals surface area contributed by atoms with Gasteiger partial charge >= 0.3 is 0 Å². The SMILES string of the molecule is CCCNCCNC(=O)c1cc(C(N)=O)n(-c2ccccc2)n1. The van der Waals surface area contributed by atoms with Crippen molar-refractivity contribution < 1.29 is 9.59 Å². The molecule has 0 unspecified atom stereocenters. The minimum atomic E-state index is -0.634. The molecule has 0 fully saturated rings. The molecule has 0 spiro atoms. The fraction of sp³-hybridized carbons (Fsp3) is 0.312. The predicted molar refractivity (Wildman–Crippen MR) is 87.6 cm³/mol. The van der Waals surface area contributed by atoms with Crippen molar-refractivity contribution in [2.75, 3.05) is 19.6 Å². The molecule has 1 aromatic heterocycles. The highest BCUT2D eigenvalue weighted by molar-refractivity contribution is 5.97. The van der Waals surface area contributed by atoms with Gasteiger partial charge in [-0.2, -0.15) is 5.10 Å². The summed E-state index contributed by atoms with van der Waals surface area (Å²) in [6.07, 6.45) is 1.04. The molecule has 0 bridgehead atoms. The van der Waals surface area contributed by atoms with E-state index in [1.807, 2.05) is 18.2 Å². The van der Waals surface area contributed by atoms with Gasteiger partial charge in [-0.15, -0.1) is 0 Å². The van der Waals surface area contributed by atoms with Gasteiger partial charge in [0.15, 0.2) is 5.69 Å². The predicted octanol–water partition coefficient (Wildman–Crippen LogP) is 0.701. The minimum absolute atomic E-state index is 0.165. The highest BCUT2D eigenvalue weighted by Gasteiger charge is 2.18. The molecule has 122 valence electrons. The van der Waals surface area contributed by atoms with Gasteiger partial charge < -0.3 is 16.4 Å². The lowest BCUT2D eigenvalue weighted by molar-refractivity contribution is 0.0947. The number of para-hydroxylation sites is 1. The molecule has 2 aromatic rings. The van der Waals surface area contributed by atoms with Crippen LogP contribution in [0.1, 0.15) is 34.3 Å². The van der Waals surface area contributed by atoms with E-state index < -0.39 is 5.91 Å². The van der Waals surface area contributed by atoms with Gasteiger partial charge in [-0.05, 0) is 25.1 Å². The highest BCUT2D eigenvalue weighted by Crippen LogP contribution is 2.12. The lowest BCUT2D eigenvalue weighted by Crippen LogP contribution is -2.32. The minimum Gasteiger partial charge on any atom is -0.364 e. The van der Waals surface area contributed by atoms with Gasteiger partial charge in [0.25, 0.3) is 11.8 Å². The van der Waals surface area contributed by atoms with Crippen molar-refractivity contribution in [3.05, 3.63) is 47.8 Å². The van der Waals surface area contributed by atoms with Crippen LogP contribution in [-0.2, 0) is 0 Å². The van der Waals surface area contributed by atoms with Crippen LogP contribution in [0.2, 0.25) is 0 Å². The number of carbonyl (C=O) groups excluding carboxylic acids is 2. The molecule has 7 heteroatoms. The molecule has 23 heavy (non-hydrogen) atoms. The Morgan fingerprint density at radius 2 is 1.91 bits per heavy atom. The van der Waals surface area contributed by atoms with Crippen molar-refractivity contribution in [2.45, 2.75) is 13.3 Å². The van der Waals surface area contributed by atoms with Crippen molar-refractivity contribution in [3.8, 4) is 5.69 Å². The second-order valence-electron chi connectivity index (χ2n) is 5.03. The number of benzene rings is 1. The molecular weight excluding hydrogens is 294 g/mol. The second-order valence-corrected chi connectivity index (χ2v) is 5.03. The molecule has 2 amide bonds. The first-order chi connectivity index (χ1) is 11.1. The Morgan fingerprint density at radius 1 is 1.17 bits per heavy atom. The van der Waals surface area contributed by atoms with Crippen molar-refractivity contribution in [3.63, 3.8) is 0 Å². The van der Waals surface area contributed by atoms with Gasteiger partial charge in [0, 0.05) is 19.2 Å². The zero-order valence-electron chi connectivity index (χ0n) is 13.1. The van der Waals surface area contributed by atoms with E-state index in [2.05, 4.69) is 22.7 Å². The van der Waals surface area contributed by atoms with E-state index >= 15 is 0 Å². The second kappa shape index (κ2) is 8.09. The number of aromatic nitrogens is 2. The van der Waals surface area contributed by atoms with Crippen LogP contribution < -0.4 is 16.4 Å². The van der Waals surface area contributed by atoms with Gasteiger partial charge in [-0.25, -0.2) is 4.68 Å². The maximum Gasteiger partial charge on any atom is 0.271 e. The Bertz CT molecular complexity index is 666. The topological polar surface area (TPSA) is 102 Å². The number of hydrogen-bond donors (Lipinski definition) is 3. The summed E-state index contributed by atoms with van der Waals surface area (Å²) >= 11 is 0. The number of nitrogens with one attached hydrogen (secondary N) is 2. The Morgan fingerprint density at radius 3 is 2.57 bits per heavy atom. The number of rotatable bonds is 8. The average molecular weight is 315 g/mol. The van der Waals surface area contributed by atoms with E-state index in [4.69, 9.17) is 5.73 Å². The van der Waals surface area contributed by atoms with Crippen molar-refractivity contribution in [1.82, 2.24) is 20.4 Å². The van der Waals surface area contributed by atoms with Crippen LogP contribution in [0.3, 0.4) is 0 Å². The number of hydrogen-bond acceptors (Lipinski definition) is 4. The van der Waals surface area contributed by atoms with Crippen molar-refractivity contribution in [2.24, 2.45) is 5.73 Å². The van der Waals surface area contributed by atoms with Crippen LogP contribution in [0.25, 0.3) is 5.69 Å². The third-order valence-corrected chi connectivity index (χ3v) is 3.21. The maximum absolute atomic E-state index is 12.1. The van der Waals surface area contributed by atoms with Crippen molar-refractivity contribution in [1.29, 1.82) is 0 Å². The average Bonchev–Trinajstić information content (AvgIpc) is 3.01. The smallest absolute Gasteiger partial charge is 0.271 e. The van der Waals surface area contributed by atoms with E-state index in [0.717, 1.165) is 13.0 Å². The van der Waals surface area contributed by atoms with E-state index in [0.29, 0.717) is 18.8 Å². The molecule has 2 rings (SSSR count). The van der Waals surface area contributed by atoms with E-state index in [-0.39, 0.29) is 17.3 Å². The molecule has 1 heterocycles. The lowest BCUT2D eigenvalue weighted by Gasteiger charge is -2.05. The summed E-state index contributed by atoms with van der Waals surface area (Å²) in [6, 6.07) is 10.5. The van der Waals surface area contributed by atoms with Crippen LogP contribution >= 0.6 is 0 Å². The van der Waals surface area contributed by atoms with Crippen LogP contribution in [0.5, 0.6) is 0 Å². The molecule has 4 N–H and O–H groups in total. The molecule has 0 aliphatic rings. The highest BCUT2D eigenvalue weighted by atomic mass is 16.2. The number of nitrogens with two attached hydrogens (primary N) is 1. The molecule has 0 saturated carbocycles. The van der Waals surface area contributed by atoms with E-state index in [1.54, 1.807) is 12.1 Å². The fourth-order valence-corrected chi connectivity index (χ4v) is 2.09. The quantitative estimate of drug-likeness (QED) is 0.624. The summed E-state index contributed by atoms with van der Waals surface area (Å²) in [5.74, 6) is -0.967. The molecule has 0 aliphatic heterocycles. The lowest BCUT2D eigenvalue weighted by atomic mass is 10.3. The first-order valence-electron chi connectivity index (χ1n) is 7.57. The first kappa shape index (κ1) is 16.7. The Balaban J connectivity index is 2.11. The Labute approximate surface area is 134 Å². The summed E-state index contributed by atoms with van der Waals surface area (Å²) in [4.78, 5) is 23.7. The standard InChI is InChI=1S/C16H21N5O2/c1-2-8-18-9-10-19-16(23)13-11-14(15(17)22)21(20-13)12-6-4-3-5-7-12/h3-7,11,18H,2,8-10H2,1H3,(H2,17,22)(H,19,23). The number of carbonyl (C=O) groups is 2. The summed E-state index contributed by atoms with van der Waals surface area (Å²) in [7, 11) is 0. The molecule has 0 atom stereocenters. The largest absolute Gasteiger partial charge is 0.364 e. The molecule has 0 saturated heterocycles. The van der Waals surface area contributed by atoms with Gasteiger partial charge in [-0.3, -0.25) is 9.59 Å². The van der Waals surface area contributed by atoms with Gasteiger partial charge in [-0.1, -0.05) is 25.1 Å². The van der Waals surface area contributed by atoms with Crippen LogP contribution in [0.4, 0.5) is 0 Å². The summed E-state index contributed by atoms with van der Waals surface area (Å²) in [5, 5.41) is 10.1. The van der Waals surface area contributed by atoms with E-state index in [1.165, 1.54) is 10.7 Å². The van der Waals surface area contributed by atoms with Gasteiger partial charge in [0.2, 0.25) is 0 Å². The molecule has 7 nitrogen and oxygen atoms in total. The zero-order valence-corrected chi connectivity index (χ0v) is 13.1. The van der Waals surface area contributed by atoms with Crippen LogP contribution in [0.15, 0.2) is 36.4 Å². The fourth-order valence-electron chi connectivity index (χ4n) is 2.09. The normalized spacial score (nSPS) is 10.5. The molecule has 1 aromatic carbocycles. The molecular formula is C16H21N5O2. The van der Waals surface area contributed by atoms with Gasteiger partial charge in [0.05, 0.1) is 5.69 Å². The maximum atomic E-state index is 12.1. The molecule has 0 radical (unpaired) electrons. The summed E-state index contributed by atoms with van der Waals surface area (Å²) in [6.45, 7) is 4.15.